The third kappa shape index (κ3) is 4.87. The van der Waals surface area contributed by atoms with Crippen LogP contribution in [0, 0.1) is 0 Å². The van der Waals surface area contributed by atoms with Crippen LogP contribution in [0.3, 0.4) is 0 Å². The van der Waals surface area contributed by atoms with Gasteiger partial charge in [0.15, 0.2) is 0 Å². The van der Waals surface area contributed by atoms with Crippen molar-refractivity contribution in [1.82, 2.24) is 4.90 Å². The lowest BCUT2D eigenvalue weighted by Gasteiger charge is -2.26. The molecule has 1 aromatic heterocycles. The van der Waals surface area contributed by atoms with E-state index < -0.39 is 0 Å². The fourth-order valence-electron chi connectivity index (χ4n) is 1.70. The Balaban J connectivity index is 2.28. The summed E-state index contributed by atoms with van der Waals surface area (Å²) < 4.78 is 0. The second kappa shape index (κ2) is 8.12. The molecule has 0 saturated carbocycles. The molecule has 1 heterocycles. The summed E-state index contributed by atoms with van der Waals surface area (Å²) in [5.41, 5.74) is 5.82. The van der Waals surface area contributed by atoms with Crippen molar-refractivity contribution in [3.63, 3.8) is 0 Å². The van der Waals surface area contributed by atoms with Crippen LogP contribution < -0.4 is 5.73 Å². The zero-order valence-corrected chi connectivity index (χ0v) is 11.8. The maximum Gasteiger partial charge on any atom is 0.0223 e. The van der Waals surface area contributed by atoms with Gasteiger partial charge < -0.3 is 10.6 Å². The number of hydrogen-bond acceptors (Lipinski definition) is 4. The molecule has 92 valence electrons. The highest BCUT2D eigenvalue weighted by Crippen LogP contribution is 2.11. The Kier molecular flexibility index (Phi) is 7.12. The molecule has 0 radical (unpaired) electrons. The maximum atomic E-state index is 5.82. The van der Waals surface area contributed by atoms with Crippen LogP contribution in [0.4, 0.5) is 0 Å². The third-order valence-corrected chi connectivity index (χ3v) is 4.42. The zero-order valence-electron chi connectivity index (χ0n) is 10.2. The average Bonchev–Trinajstić information content (AvgIpc) is 2.80. The summed E-state index contributed by atoms with van der Waals surface area (Å²) in [6, 6.07) is 4.86. The molecule has 1 unspecified atom stereocenters. The minimum absolute atomic E-state index is 0.535. The number of likely N-dealkylation sites (N-methyl/N-ethyl adjacent to an activating group) is 1. The second-order valence-electron chi connectivity index (χ2n) is 3.98. The average molecular weight is 258 g/mol. The molecule has 2 N–H and O–H groups in total. The highest BCUT2D eigenvalue weighted by Gasteiger charge is 2.12. The van der Waals surface area contributed by atoms with Gasteiger partial charge in [-0.25, -0.2) is 0 Å². The van der Waals surface area contributed by atoms with E-state index in [0.29, 0.717) is 6.04 Å². The molecule has 1 rings (SSSR count). The molecule has 0 aliphatic rings. The normalized spacial score (nSPS) is 13.2. The van der Waals surface area contributed by atoms with Crippen LogP contribution in [0.2, 0.25) is 0 Å². The van der Waals surface area contributed by atoms with Gasteiger partial charge in [0.2, 0.25) is 0 Å². The van der Waals surface area contributed by atoms with Gasteiger partial charge in [-0.2, -0.15) is 11.8 Å². The third-order valence-electron chi connectivity index (χ3n) is 2.84. The van der Waals surface area contributed by atoms with Crippen molar-refractivity contribution in [3.05, 3.63) is 22.4 Å². The van der Waals surface area contributed by atoms with Gasteiger partial charge in [-0.05, 0) is 43.3 Å². The van der Waals surface area contributed by atoms with Crippen molar-refractivity contribution < 1.29 is 0 Å². The van der Waals surface area contributed by atoms with Crippen molar-refractivity contribution in [1.29, 1.82) is 0 Å². The van der Waals surface area contributed by atoms with Crippen molar-refractivity contribution in [3.8, 4) is 0 Å². The van der Waals surface area contributed by atoms with Crippen molar-refractivity contribution in [2.45, 2.75) is 18.9 Å². The Bertz CT molecular complexity index is 262. The molecule has 1 atom stereocenters. The molecule has 0 amide bonds. The number of rotatable bonds is 8. The van der Waals surface area contributed by atoms with Gasteiger partial charge in [-0.15, -0.1) is 11.3 Å². The molecule has 16 heavy (non-hydrogen) atoms. The second-order valence-corrected chi connectivity index (χ2v) is 6.00. The van der Waals surface area contributed by atoms with Gasteiger partial charge in [0.25, 0.3) is 0 Å². The van der Waals surface area contributed by atoms with E-state index in [-0.39, 0.29) is 0 Å². The molecule has 2 nitrogen and oxygen atoms in total. The lowest BCUT2D eigenvalue weighted by Crippen LogP contribution is -2.39. The molecule has 0 spiro atoms. The molecular formula is C12H22N2S2. The van der Waals surface area contributed by atoms with Crippen LogP contribution in [-0.4, -0.2) is 43.1 Å². The summed E-state index contributed by atoms with van der Waals surface area (Å²) in [7, 11) is 2.19. The first-order valence-electron chi connectivity index (χ1n) is 5.69. The number of hydrogen-bond donors (Lipinski definition) is 1. The molecule has 0 saturated heterocycles. The first kappa shape index (κ1) is 14.0. The fourth-order valence-corrected chi connectivity index (χ4v) is 2.90. The van der Waals surface area contributed by atoms with Crippen LogP contribution in [-0.2, 0) is 6.42 Å². The number of nitrogens with two attached hydrogens (primary N) is 1. The van der Waals surface area contributed by atoms with E-state index in [0.717, 1.165) is 19.5 Å². The van der Waals surface area contributed by atoms with E-state index in [4.69, 9.17) is 5.73 Å². The van der Waals surface area contributed by atoms with Crippen LogP contribution >= 0.6 is 23.1 Å². The largest absolute Gasteiger partial charge is 0.329 e. The Hall–Kier alpha value is -0.0300. The summed E-state index contributed by atoms with van der Waals surface area (Å²) in [4.78, 5) is 3.86. The van der Waals surface area contributed by atoms with Gasteiger partial charge in [-0.1, -0.05) is 6.07 Å². The van der Waals surface area contributed by atoms with E-state index in [2.05, 4.69) is 35.7 Å². The molecule has 0 aromatic carbocycles. The van der Waals surface area contributed by atoms with Crippen LogP contribution in [0.5, 0.6) is 0 Å². The van der Waals surface area contributed by atoms with Crippen LogP contribution in [0.25, 0.3) is 0 Å². The van der Waals surface area contributed by atoms with Gasteiger partial charge >= 0.3 is 0 Å². The van der Waals surface area contributed by atoms with E-state index in [1.54, 1.807) is 0 Å². The predicted octanol–water partition coefficient (Wildman–Crippen LogP) is 2.30. The smallest absolute Gasteiger partial charge is 0.0223 e. The molecule has 0 bridgehead atoms. The highest BCUT2D eigenvalue weighted by atomic mass is 32.2. The number of thiophene rings is 1. The standard InChI is InChI=1S/C12H22N2S2/c1-14(11(10-13)6-9-15-2)7-5-12-4-3-8-16-12/h3-4,8,11H,5-7,9-10,13H2,1-2H3. The zero-order chi connectivity index (χ0) is 11.8. The topological polar surface area (TPSA) is 29.3 Å². The molecule has 4 heteroatoms. The Labute approximate surface area is 107 Å². The SMILES string of the molecule is CSCCC(CN)N(C)CCc1cccs1. The van der Waals surface area contributed by atoms with E-state index in [1.807, 2.05) is 23.1 Å². The van der Waals surface area contributed by atoms with Crippen molar-refractivity contribution >= 4 is 23.1 Å². The van der Waals surface area contributed by atoms with E-state index >= 15 is 0 Å². The summed E-state index contributed by atoms with van der Waals surface area (Å²) in [6.07, 6.45) is 4.49. The Morgan fingerprint density at radius 2 is 2.38 bits per heavy atom. The number of nitrogens with zero attached hydrogens (tertiary/aromatic N) is 1. The quantitative estimate of drug-likeness (QED) is 0.776. The molecule has 0 fully saturated rings. The van der Waals surface area contributed by atoms with Gasteiger partial charge in [0, 0.05) is 24.0 Å². The first-order chi connectivity index (χ1) is 7.77. The minimum Gasteiger partial charge on any atom is -0.329 e. The summed E-state index contributed by atoms with van der Waals surface area (Å²) in [5.74, 6) is 1.20. The lowest BCUT2D eigenvalue weighted by molar-refractivity contribution is 0.245. The monoisotopic (exact) mass is 258 g/mol. The van der Waals surface area contributed by atoms with Gasteiger partial charge in [0.05, 0.1) is 0 Å². The lowest BCUT2D eigenvalue weighted by atomic mass is 10.2. The molecular weight excluding hydrogens is 236 g/mol. The summed E-state index contributed by atoms with van der Waals surface area (Å²) in [5, 5.41) is 2.14. The summed E-state index contributed by atoms with van der Waals surface area (Å²) >= 11 is 3.74. The van der Waals surface area contributed by atoms with Crippen LogP contribution in [0.15, 0.2) is 17.5 Å². The fraction of sp³-hybridized carbons (Fsp3) is 0.667. The number of thioether (sulfide) groups is 1. The molecule has 0 aliphatic heterocycles. The predicted molar refractivity (Wildman–Crippen MR) is 76.5 cm³/mol. The summed E-state index contributed by atoms with van der Waals surface area (Å²) in [6.45, 7) is 1.87. The molecule has 1 aromatic rings. The van der Waals surface area contributed by atoms with Gasteiger partial charge in [-0.3, -0.25) is 0 Å². The Morgan fingerprint density at radius 3 is 2.94 bits per heavy atom. The maximum absolute atomic E-state index is 5.82. The highest BCUT2D eigenvalue weighted by molar-refractivity contribution is 7.98. The van der Waals surface area contributed by atoms with E-state index in [1.165, 1.54) is 17.1 Å². The molecule has 0 aliphatic carbocycles. The van der Waals surface area contributed by atoms with Crippen LogP contribution in [0.1, 0.15) is 11.3 Å². The van der Waals surface area contributed by atoms with Crippen molar-refractivity contribution in [2.75, 3.05) is 32.1 Å². The van der Waals surface area contributed by atoms with Gasteiger partial charge in [0.1, 0.15) is 0 Å². The van der Waals surface area contributed by atoms with Crippen molar-refractivity contribution in [2.24, 2.45) is 5.73 Å². The van der Waals surface area contributed by atoms with E-state index in [9.17, 15) is 0 Å². The minimum atomic E-state index is 0.535. The Morgan fingerprint density at radius 1 is 1.56 bits per heavy atom. The first-order valence-corrected chi connectivity index (χ1v) is 7.97.